The van der Waals surface area contributed by atoms with Gasteiger partial charge in [-0.3, -0.25) is 0 Å². The Morgan fingerprint density at radius 1 is 1.38 bits per heavy atom. The molecule has 3 unspecified atom stereocenters. The molecule has 0 bridgehead atoms. The molecule has 0 amide bonds. The Labute approximate surface area is 126 Å². The molecule has 0 saturated heterocycles. The van der Waals surface area contributed by atoms with Gasteiger partial charge in [0, 0.05) is 12.6 Å². The van der Waals surface area contributed by atoms with Gasteiger partial charge in [0.2, 0.25) is 0 Å². The van der Waals surface area contributed by atoms with Gasteiger partial charge >= 0.3 is 0 Å². The molecule has 3 atom stereocenters. The summed E-state index contributed by atoms with van der Waals surface area (Å²) < 4.78 is 5.54. The second-order valence-corrected chi connectivity index (χ2v) is 5.85. The molecule has 21 heavy (non-hydrogen) atoms. The number of aliphatic hydroxyl groups is 1. The van der Waals surface area contributed by atoms with Crippen molar-refractivity contribution in [3.8, 4) is 11.8 Å². The fourth-order valence-corrected chi connectivity index (χ4v) is 2.84. The first kappa shape index (κ1) is 15.8. The van der Waals surface area contributed by atoms with E-state index in [4.69, 9.17) is 10.00 Å². The van der Waals surface area contributed by atoms with Gasteiger partial charge in [-0.1, -0.05) is 31.9 Å². The van der Waals surface area contributed by atoms with Crippen LogP contribution < -0.4 is 10.1 Å². The Morgan fingerprint density at radius 3 is 2.90 bits per heavy atom. The Balaban J connectivity index is 1.74. The summed E-state index contributed by atoms with van der Waals surface area (Å²) in [5, 5.41) is 22.4. The van der Waals surface area contributed by atoms with Crippen molar-refractivity contribution >= 4 is 0 Å². The van der Waals surface area contributed by atoms with Crippen molar-refractivity contribution in [2.75, 3.05) is 13.2 Å². The molecule has 4 nitrogen and oxygen atoms in total. The number of ether oxygens (including phenoxy) is 1. The normalized spacial score (nSPS) is 23.3. The van der Waals surface area contributed by atoms with E-state index in [1.54, 1.807) is 18.2 Å². The average Bonchev–Trinajstić information content (AvgIpc) is 2.52. The van der Waals surface area contributed by atoms with E-state index in [0.717, 1.165) is 0 Å². The van der Waals surface area contributed by atoms with Gasteiger partial charge in [-0.15, -0.1) is 0 Å². The first-order valence-corrected chi connectivity index (χ1v) is 7.74. The van der Waals surface area contributed by atoms with Crippen molar-refractivity contribution in [2.45, 2.75) is 44.8 Å². The van der Waals surface area contributed by atoms with E-state index < -0.39 is 6.10 Å². The lowest BCUT2D eigenvalue weighted by Gasteiger charge is -2.30. The molecule has 0 aliphatic heterocycles. The molecule has 0 radical (unpaired) electrons. The summed E-state index contributed by atoms with van der Waals surface area (Å²) in [6.45, 7) is 3.00. The fourth-order valence-electron chi connectivity index (χ4n) is 2.84. The van der Waals surface area contributed by atoms with Crippen molar-refractivity contribution in [1.29, 1.82) is 5.26 Å². The van der Waals surface area contributed by atoms with Gasteiger partial charge in [0.1, 0.15) is 24.5 Å². The minimum Gasteiger partial charge on any atom is -0.489 e. The van der Waals surface area contributed by atoms with E-state index in [1.165, 1.54) is 25.7 Å². The van der Waals surface area contributed by atoms with Crippen molar-refractivity contribution in [3.63, 3.8) is 0 Å². The van der Waals surface area contributed by atoms with Crippen LogP contribution in [0.25, 0.3) is 0 Å². The quantitative estimate of drug-likeness (QED) is 0.844. The summed E-state index contributed by atoms with van der Waals surface area (Å²) in [5.74, 6) is 1.20. The van der Waals surface area contributed by atoms with Crippen molar-refractivity contribution in [3.05, 3.63) is 29.8 Å². The zero-order chi connectivity index (χ0) is 15.1. The van der Waals surface area contributed by atoms with E-state index >= 15 is 0 Å². The van der Waals surface area contributed by atoms with Crippen LogP contribution in [0.15, 0.2) is 24.3 Å². The van der Waals surface area contributed by atoms with Gasteiger partial charge in [-0.05, 0) is 30.9 Å². The smallest absolute Gasteiger partial charge is 0.137 e. The summed E-state index contributed by atoms with van der Waals surface area (Å²) in [6.07, 6.45) is 4.47. The highest BCUT2D eigenvalue weighted by Crippen LogP contribution is 2.23. The van der Waals surface area contributed by atoms with Crippen LogP contribution in [0.3, 0.4) is 0 Å². The van der Waals surface area contributed by atoms with Gasteiger partial charge in [0.25, 0.3) is 0 Å². The number of rotatable bonds is 6. The molecule has 1 fully saturated rings. The van der Waals surface area contributed by atoms with Crippen LogP contribution in [-0.2, 0) is 0 Å². The fraction of sp³-hybridized carbons (Fsp3) is 0.588. The Hall–Kier alpha value is -1.57. The number of benzene rings is 1. The lowest BCUT2D eigenvalue weighted by Crippen LogP contribution is -2.42. The molecule has 1 aromatic rings. The predicted octanol–water partition coefficient (Wildman–Crippen LogP) is 2.47. The molecule has 2 rings (SSSR count). The molecule has 1 aromatic carbocycles. The number of hydrogen-bond donors (Lipinski definition) is 2. The molecular formula is C17H24N2O2. The molecule has 1 saturated carbocycles. The number of aliphatic hydroxyl groups excluding tert-OH is 1. The molecule has 0 aromatic heterocycles. The number of nitrogens with one attached hydrogen (secondary N) is 1. The third-order valence-corrected chi connectivity index (χ3v) is 4.17. The van der Waals surface area contributed by atoms with Crippen LogP contribution in [0, 0.1) is 17.2 Å². The number of para-hydroxylation sites is 1. The first-order chi connectivity index (χ1) is 10.2. The third kappa shape index (κ3) is 4.73. The third-order valence-electron chi connectivity index (χ3n) is 4.17. The van der Waals surface area contributed by atoms with Crippen LogP contribution in [-0.4, -0.2) is 30.4 Å². The minimum atomic E-state index is -0.564. The maximum absolute atomic E-state index is 10.0. The maximum atomic E-state index is 10.0. The van der Waals surface area contributed by atoms with Gasteiger partial charge < -0.3 is 15.2 Å². The maximum Gasteiger partial charge on any atom is 0.137 e. The highest BCUT2D eigenvalue weighted by Gasteiger charge is 2.21. The van der Waals surface area contributed by atoms with Crippen molar-refractivity contribution < 1.29 is 9.84 Å². The molecule has 1 aliphatic rings. The van der Waals surface area contributed by atoms with Crippen LogP contribution in [0.1, 0.15) is 38.2 Å². The Morgan fingerprint density at radius 2 is 2.14 bits per heavy atom. The zero-order valence-electron chi connectivity index (χ0n) is 12.6. The van der Waals surface area contributed by atoms with Gasteiger partial charge in [0.05, 0.1) is 5.56 Å². The molecule has 4 heteroatoms. The van der Waals surface area contributed by atoms with Crippen molar-refractivity contribution in [2.24, 2.45) is 5.92 Å². The van der Waals surface area contributed by atoms with Gasteiger partial charge in [-0.2, -0.15) is 5.26 Å². The highest BCUT2D eigenvalue weighted by atomic mass is 16.5. The second kappa shape index (κ2) is 8.02. The monoisotopic (exact) mass is 288 g/mol. The standard InChI is InChI=1S/C17H24N2O2/c1-13-6-2-4-8-16(13)19-11-15(20)12-21-17-9-5-3-7-14(17)10-18/h3,5,7,9,13,15-16,19-20H,2,4,6,8,11-12H2,1H3. The summed E-state index contributed by atoms with van der Waals surface area (Å²) >= 11 is 0. The SMILES string of the molecule is CC1CCCCC1NCC(O)COc1ccccc1C#N. The average molecular weight is 288 g/mol. The predicted molar refractivity (Wildman–Crippen MR) is 82.1 cm³/mol. The first-order valence-electron chi connectivity index (χ1n) is 7.74. The number of nitrogens with zero attached hydrogens (tertiary/aromatic N) is 1. The summed E-state index contributed by atoms with van der Waals surface area (Å²) in [7, 11) is 0. The Bertz CT molecular complexity index is 484. The molecule has 1 aliphatic carbocycles. The molecule has 0 spiro atoms. The summed E-state index contributed by atoms with van der Waals surface area (Å²) in [6, 6.07) is 9.67. The van der Waals surface area contributed by atoms with Crippen LogP contribution in [0.4, 0.5) is 0 Å². The minimum absolute atomic E-state index is 0.201. The van der Waals surface area contributed by atoms with Crippen LogP contribution >= 0.6 is 0 Å². The van der Waals surface area contributed by atoms with Crippen LogP contribution in [0.2, 0.25) is 0 Å². The number of hydrogen-bond acceptors (Lipinski definition) is 4. The number of nitriles is 1. The molecule has 0 heterocycles. The van der Waals surface area contributed by atoms with Gasteiger partial charge in [-0.25, -0.2) is 0 Å². The lowest BCUT2D eigenvalue weighted by molar-refractivity contribution is 0.0983. The van der Waals surface area contributed by atoms with Crippen molar-refractivity contribution in [1.82, 2.24) is 5.32 Å². The van der Waals surface area contributed by atoms with E-state index in [2.05, 4.69) is 18.3 Å². The highest BCUT2D eigenvalue weighted by molar-refractivity contribution is 5.42. The van der Waals surface area contributed by atoms with E-state index in [9.17, 15) is 5.11 Å². The molecule has 114 valence electrons. The van der Waals surface area contributed by atoms with Gasteiger partial charge in [0.15, 0.2) is 0 Å². The largest absolute Gasteiger partial charge is 0.489 e. The zero-order valence-corrected chi connectivity index (χ0v) is 12.6. The lowest BCUT2D eigenvalue weighted by atomic mass is 9.86. The topological polar surface area (TPSA) is 65.3 Å². The van der Waals surface area contributed by atoms with E-state index in [-0.39, 0.29) is 6.61 Å². The van der Waals surface area contributed by atoms with E-state index in [1.807, 2.05) is 6.07 Å². The summed E-state index contributed by atoms with van der Waals surface area (Å²) in [4.78, 5) is 0. The van der Waals surface area contributed by atoms with E-state index in [0.29, 0.717) is 29.8 Å². The Kier molecular flexibility index (Phi) is 6.04. The second-order valence-electron chi connectivity index (χ2n) is 5.85. The van der Waals surface area contributed by atoms with Crippen LogP contribution in [0.5, 0.6) is 5.75 Å². The molecule has 2 N–H and O–H groups in total. The summed E-state index contributed by atoms with van der Waals surface area (Å²) in [5.41, 5.74) is 0.499. The molecular weight excluding hydrogens is 264 g/mol.